The molecule has 6 amide bonds. The van der Waals surface area contributed by atoms with Gasteiger partial charge in [-0.1, -0.05) is 33.8 Å². The van der Waals surface area contributed by atoms with Gasteiger partial charge < -0.3 is 56.9 Å². The van der Waals surface area contributed by atoms with E-state index in [0.717, 1.165) is 60.5 Å². The lowest BCUT2D eigenvalue weighted by atomic mass is 9.93. The van der Waals surface area contributed by atoms with E-state index in [2.05, 4.69) is 26.2 Å². The van der Waals surface area contributed by atoms with Crippen LogP contribution in [0.2, 0.25) is 0 Å². The molecule has 6 atom stereocenters. The number of carbonyl (C=O) groups is 6. The van der Waals surface area contributed by atoms with Crippen LogP contribution >= 0.6 is 11.3 Å². The molecule has 7 rings (SSSR count). The zero-order valence-electron chi connectivity index (χ0n) is 38.9. The number of amides is 6. The van der Waals surface area contributed by atoms with Crippen LogP contribution < -0.4 is 37.6 Å². The van der Waals surface area contributed by atoms with Crippen LogP contribution in [0.3, 0.4) is 0 Å². The highest BCUT2D eigenvalue weighted by atomic mass is 32.1. The molecule has 1 aromatic carbocycles. The zero-order chi connectivity index (χ0) is 47.4. The number of thiazole rings is 1. The van der Waals surface area contributed by atoms with E-state index in [1.165, 1.54) is 24.0 Å². The van der Waals surface area contributed by atoms with Gasteiger partial charge in [0.05, 0.1) is 49.1 Å². The van der Waals surface area contributed by atoms with Crippen molar-refractivity contribution in [2.45, 2.75) is 141 Å². The first kappa shape index (κ1) is 48.1. The van der Waals surface area contributed by atoms with Crippen molar-refractivity contribution in [1.29, 1.82) is 0 Å². The lowest BCUT2D eigenvalue weighted by molar-refractivity contribution is -0.140. The number of anilines is 3. The predicted octanol–water partition coefficient (Wildman–Crippen LogP) is 5.00. The monoisotopic (exact) mass is 930 g/mol. The van der Waals surface area contributed by atoms with Gasteiger partial charge in [0.1, 0.15) is 24.2 Å². The summed E-state index contributed by atoms with van der Waals surface area (Å²) in [5.41, 5.74) is 18.7. The van der Waals surface area contributed by atoms with E-state index in [4.69, 9.17) is 25.9 Å². The molecule has 1 aromatic heterocycles. The van der Waals surface area contributed by atoms with E-state index in [1.54, 1.807) is 16.2 Å². The maximum absolute atomic E-state index is 13.8. The Morgan fingerprint density at radius 3 is 1.85 bits per heavy atom. The number of nitrogens with zero attached hydrogens (tertiary/aromatic N) is 4. The number of benzene rings is 1. The number of rotatable bonds is 13. The number of methoxy groups -OCH3 is 2. The summed E-state index contributed by atoms with van der Waals surface area (Å²) in [6.45, 7) is 8.12. The van der Waals surface area contributed by atoms with Crippen LogP contribution in [0.1, 0.15) is 114 Å². The van der Waals surface area contributed by atoms with E-state index >= 15 is 0 Å². The summed E-state index contributed by atoms with van der Waals surface area (Å²) >= 11 is 1.75. The molecule has 0 radical (unpaired) electrons. The Labute approximate surface area is 390 Å². The Balaban J connectivity index is 1.08. The second kappa shape index (κ2) is 20.8. The lowest BCUT2D eigenvalue weighted by Crippen LogP contribution is -2.55. The van der Waals surface area contributed by atoms with Crippen molar-refractivity contribution in [3.63, 3.8) is 0 Å². The highest BCUT2D eigenvalue weighted by Crippen LogP contribution is 2.47. The van der Waals surface area contributed by atoms with E-state index in [0.29, 0.717) is 74.4 Å². The smallest absolute Gasteiger partial charge is 0.407 e. The quantitative estimate of drug-likeness (QED) is 0.145. The molecule has 2 aliphatic carbocycles. The first-order valence-electron chi connectivity index (χ1n) is 23.4. The van der Waals surface area contributed by atoms with Gasteiger partial charge in [-0.25, -0.2) is 14.6 Å². The third-order valence-corrected chi connectivity index (χ3v) is 14.8. The van der Waals surface area contributed by atoms with Crippen molar-refractivity contribution < 1.29 is 38.2 Å². The molecule has 66 heavy (non-hydrogen) atoms. The molecule has 3 fully saturated rings. The minimum absolute atomic E-state index is 0.0218. The number of hydrogen-bond acceptors (Lipinski definition) is 13. The topological polar surface area (TPSA) is 244 Å². The van der Waals surface area contributed by atoms with Crippen molar-refractivity contribution in [2.24, 2.45) is 17.6 Å². The molecule has 19 heteroatoms. The number of aryl methyl sites for hydroxylation is 2. The van der Waals surface area contributed by atoms with E-state index < -0.39 is 36.4 Å². The number of nitrogen functional groups attached to an aromatic ring is 1. The first-order valence-corrected chi connectivity index (χ1v) is 24.2. The van der Waals surface area contributed by atoms with Gasteiger partial charge in [-0.3, -0.25) is 19.2 Å². The second-order valence-electron chi connectivity index (χ2n) is 18.7. The predicted molar refractivity (Wildman–Crippen MR) is 251 cm³/mol. The van der Waals surface area contributed by atoms with Gasteiger partial charge in [-0.05, 0) is 118 Å². The molecular weight excluding hydrogens is 865 g/mol. The first-order chi connectivity index (χ1) is 31.6. The number of likely N-dealkylation sites (tertiary alicyclic amines) is 2. The van der Waals surface area contributed by atoms with Crippen molar-refractivity contribution in [3.05, 3.63) is 57.4 Å². The van der Waals surface area contributed by atoms with Gasteiger partial charge in [-0.15, -0.1) is 11.3 Å². The molecule has 0 saturated carbocycles. The summed E-state index contributed by atoms with van der Waals surface area (Å²) in [6.07, 6.45) is 9.88. The van der Waals surface area contributed by atoms with E-state index in [1.807, 2.05) is 52.0 Å². The number of alkyl carbamates (subject to hydrolysis) is 2. The van der Waals surface area contributed by atoms with Crippen LogP contribution in [-0.4, -0.2) is 108 Å². The summed E-state index contributed by atoms with van der Waals surface area (Å²) < 4.78 is 9.49. The van der Waals surface area contributed by atoms with Crippen LogP contribution in [-0.2, 0) is 41.5 Å². The molecule has 1 unspecified atom stereocenters. The highest BCUT2D eigenvalue weighted by molar-refractivity contribution is 7.15. The Kier molecular flexibility index (Phi) is 15.1. The second-order valence-corrected chi connectivity index (χ2v) is 19.7. The summed E-state index contributed by atoms with van der Waals surface area (Å²) in [5.74, 6) is -1.74. The maximum atomic E-state index is 13.8. The molecule has 2 aromatic rings. The van der Waals surface area contributed by atoms with Crippen LogP contribution in [0, 0.1) is 11.8 Å². The fourth-order valence-electron chi connectivity index (χ4n) is 10.1. The fraction of sp³-hybridized carbons (Fsp3) is 0.596. The Bertz CT molecular complexity index is 2230. The Hall–Kier alpha value is -5.85. The summed E-state index contributed by atoms with van der Waals surface area (Å²) in [4.78, 5) is 91.0. The molecular formula is C47H66N10O8S. The molecule has 3 saturated heterocycles. The Morgan fingerprint density at radius 2 is 1.30 bits per heavy atom. The van der Waals surface area contributed by atoms with Gasteiger partial charge in [-0.2, -0.15) is 0 Å². The van der Waals surface area contributed by atoms with Gasteiger partial charge in [0.2, 0.25) is 23.6 Å². The molecule has 18 nitrogen and oxygen atoms in total. The van der Waals surface area contributed by atoms with Crippen molar-refractivity contribution >= 4 is 63.7 Å². The van der Waals surface area contributed by atoms with Crippen LogP contribution in [0.15, 0.2) is 41.2 Å². The summed E-state index contributed by atoms with van der Waals surface area (Å²) in [5, 5.41) is 12.3. The largest absolute Gasteiger partial charge is 0.453 e. The molecule has 8 N–H and O–H groups in total. The van der Waals surface area contributed by atoms with Gasteiger partial charge in [0, 0.05) is 23.7 Å². The van der Waals surface area contributed by atoms with Gasteiger partial charge in [0.15, 0.2) is 5.13 Å². The molecule has 3 aliphatic heterocycles. The number of ether oxygens (including phenoxy) is 2. The number of hydrogen-bond donors (Lipinski definition) is 6. The third kappa shape index (κ3) is 10.2. The maximum Gasteiger partial charge on any atom is 0.407 e. The minimum atomic E-state index is -0.842. The number of nitrogens with two attached hydrogens (primary N) is 2. The normalized spacial score (nSPS) is 22.7. The third-order valence-electron chi connectivity index (χ3n) is 13.7. The Morgan fingerprint density at radius 1 is 0.727 bits per heavy atom. The highest BCUT2D eigenvalue weighted by Gasteiger charge is 2.43. The number of aromatic nitrogens is 1. The van der Waals surface area contributed by atoms with E-state index in [-0.39, 0.29) is 47.5 Å². The standard InChI is InChI=1S/C47H66N10O8S/c1-25(2)39(53-46(62)64-5)43(60)55-21-9-12-36(55)41(58)50-31-17-15-27(23-29(31)48)34-19-20-35(57(34)45-52-33-11-7-8-14-38(33)66-45)28-16-18-32(30(49)24-28)51-42(59)37-13-10-22-56(37)44(61)40(26(3)4)54-47(63)65-6/h15,17,23-26,34-37,39-40H,7-14,16,18-22,48-49H2,1-6H3,(H,50,58)(H,51,59)(H,53,62)(H,54,63)/t34-,35-,36?,37+,39+,40+/m1/s1. The molecule has 0 bridgehead atoms. The number of carbonyl (C=O) groups excluding carboxylic acids is 6. The van der Waals surface area contributed by atoms with Crippen LogP contribution in [0.25, 0.3) is 0 Å². The zero-order valence-corrected chi connectivity index (χ0v) is 39.8. The number of allylic oxidation sites excluding steroid dienone is 2. The van der Waals surface area contributed by atoms with Crippen molar-refractivity contribution in [1.82, 2.24) is 30.7 Å². The molecule has 4 heterocycles. The van der Waals surface area contributed by atoms with Gasteiger partial charge in [0.25, 0.3) is 0 Å². The molecule has 5 aliphatic rings. The SMILES string of the molecule is COC(=O)N[C@H](C(=O)N1CCCC1C(=O)Nc1ccc([C@H]2CC[C@H](C3=CC(N)=C(NC(=O)[C@@H]4CCCN4C(=O)[C@@H](NC(=O)OC)C(C)C)CC3)N2c2nc3c(s2)CCCC3)cc1N)C(C)C. The minimum Gasteiger partial charge on any atom is -0.453 e. The molecule has 358 valence electrons. The van der Waals surface area contributed by atoms with E-state index in [9.17, 15) is 28.8 Å². The average Bonchev–Trinajstić information content (AvgIpc) is 4.14. The average molecular weight is 931 g/mol. The lowest BCUT2D eigenvalue weighted by Gasteiger charge is -2.34. The van der Waals surface area contributed by atoms with Crippen LogP contribution in [0.5, 0.6) is 0 Å². The number of fused-ring (bicyclic) bond motifs is 1. The summed E-state index contributed by atoms with van der Waals surface area (Å²) in [7, 11) is 2.49. The van der Waals surface area contributed by atoms with Crippen molar-refractivity contribution in [3.8, 4) is 0 Å². The van der Waals surface area contributed by atoms with Crippen LogP contribution in [0.4, 0.5) is 26.1 Å². The van der Waals surface area contributed by atoms with Crippen molar-refractivity contribution in [2.75, 3.05) is 43.3 Å². The fourth-order valence-corrected chi connectivity index (χ4v) is 11.3. The molecule has 0 spiro atoms. The number of nitrogens with one attached hydrogen (secondary N) is 4. The summed E-state index contributed by atoms with van der Waals surface area (Å²) in [6, 6.07) is 2.55. The van der Waals surface area contributed by atoms with Gasteiger partial charge >= 0.3 is 12.2 Å².